The molecular weight excluding hydrogens is 492 g/mol. The van der Waals surface area contributed by atoms with Crippen LogP contribution in [0.25, 0.3) is 6.08 Å². The van der Waals surface area contributed by atoms with Gasteiger partial charge in [0, 0.05) is 18.6 Å². The standard InChI is InChI=1S/C32H28N2O5/c1-39-31(36)30(23-29(35)22-19-24-17-20-28(21-18-24)34(37)38)33-32(25-11-5-2-6-12-25,26-13-7-3-8-14-26)27-15-9-4-10-16-27/h2-22,30,33H,23H2,1H3/b22-19+/t30-/m0/s1. The van der Waals surface area contributed by atoms with Crippen LogP contribution in [0.1, 0.15) is 28.7 Å². The highest BCUT2D eigenvalue weighted by Crippen LogP contribution is 2.37. The number of hydrogen-bond donors (Lipinski definition) is 1. The Kier molecular flexibility index (Phi) is 8.76. The summed E-state index contributed by atoms with van der Waals surface area (Å²) < 4.78 is 5.12. The van der Waals surface area contributed by atoms with Crippen LogP contribution in [0.2, 0.25) is 0 Å². The van der Waals surface area contributed by atoms with E-state index < -0.39 is 22.5 Å². The van der Waals surface area contributed by atoms with Gasteiger partial charge in [-0.25, -0.2) is 0 Å². The molecule has 1 N–H and O–H groups in total. The van der Waals surface area contributed by atoms with Crippen molar-refractivity contribution in [3.8, 4) is 0 Å². The predicted octanol–water partition coefficient (Wildman–Crippen LogP) is 5.69. The lowest BCUT2D eigenvalue weighted by Crippen LogP contribution is -2.53. The minimum absolute atomic E-state index is 0.0347. The number of non-ortho nitro benzene ring substituents is 1. The quantitative estimate of drug-likeness (QED) is 0.0897. The SMILES string of the molecule is COC(=O)[C@H](CC(=O)/C=C/c1ccc([N+](=O)[O-])cc1)NC(c1ccccc1)(c1ccccc1)c1ccccc1. The van der Waals surface area contributed by atoms with E-state index in [9.17, 15) is 19.7 Å². The van der Waals surface area contributed by atoms with Crippen molar-refractivity contribution in [1.29, 1.82) is 0 Å². The van der Waals surface area contributed by atoms with Gasteiger partial charge in [-0.1, -0.05) is 97.1 Å². The topological polar surface area (TPSA) is 98.5 Å². The van der Waals surface area contributed by atoms with Crippen LogP contribution in [0.4, 0.5) is 5.69 Å². The molecule has 0 spiro atoms. The second kappa shape index (κ2) is 12.6. The Bertz CT molecular complexity index is 1340. The highest BCUT2D eigenvalue weighted by atomic mass is 16.6. The molecule has 0 heterocycles. The van der Waals surface area contributed by atoms with Crippen LogP contribution in [0.5, 0.6) is 0 Å². The van der Waals surface area contributed by atoms with Crippen molar-refractivity contribution < 1.29 is 19.2 Å². The number of nitro benzene ring substituents is 1. The molecule has 7 nitrogen and oxygen atoms in total. The number of rotatable bonds is 11. The predicted molar refractivity (Wildman–Crippen MR) is 150 cm³/mol. The van der Waals surface area contributed by atoms with Crippen molar-refractivity contribution in [2.24, 2.45) is 0 Å². The molecule has 196 valence electrons. The van der Waals surface area contributed by atoms with E-state index in [1.54, 1.807) is 18.2 Å². The summed E-state index contributed by atoms with van der Waals surface area (Å²) in [6.07, 6.45) is 2.78. The van der Waals surface area contributed by atoms with Gasteiger partial charge in [0.15, 0.2) is 5.78 Å². The van der Waals surface area contributed by atoms with Gasteiger partial charge < -0.3 is 4.74 Å². The number of hydrogen-bond acceptors (Lipinski definition) is 6. The van der Waals surface area contributed by atoms with Crippen molar-refractivity contribution in [3.05, 3.63) is 154 Å². The average molecular weight is 521 g/mol. The number of benzene rings is 4. The largest absolute Gasteiger partial charge is 0.468 e. The van der Waals surface area contributed by atoms with Crippen LogP contribution in [-0.4, -0.2) is 29.8 Å². The maximum absolute atomic E-state index is 13.1. The van der Waals surface area contributed by atoms with Crippen molar-refractivity contribution in [2.75, 3.05) is 7.11 Å². The molecule has 0 saturated carbocycles. The zero-order valence-electron chi connectivity index (χ0n) is 21.4. The molecule has 39 heavy (non-hydrogen) atoms. The third kappa shape index (κ3) is 6.34. The lowest BCUT2D eigenvalue weighted by molar-refractivity contribution is -0.384. The molecular formula is C32H28N2O5. The second-order valence-electron chi connectivity index (χ2n) is 8.92. The van der Waals surface area contributed by atoms with E-state index in [-0.39, 0.29) is 17.9 Å². The first-order chi connectivity index (χ1) is 18.9. The fraction of sp³-hybridized carbons (Fsp3) is 0.125. The van der Waals surface area contributed by atoms with Crippen LogP contribution in [0, 0.1) is 10.1 Å². The third-order valence-corrected chi connectivity index (χ3v) is 6.47. The molecule has 4 rings (SSSR count). The molecule has 1 atom stereocenters. The van der Waals surface area contributed by atoms with E-state index in [1.165, 1.54) is 25.3 Å². The zero-order valence-corrected chi connectivity index (χ0v) is 21.4. The van der Waals surface area contributed by atoms with Crippen LogP contribution < -0.4 is 5.32 Å². The summed E-state index contributed by atoms with van der Waals surface area (Å²) in [5.41, 5.74) is 2.31. The first kappa shape index (κ1) is 27.2. The first-order valence-electron chi connectivity index (χ1n) is 12.4. The van der Waals surface area contributed by atoms with Crippen LogP contribution in [0.15, 0.2) is 121 Å². The summed E-state index contributed by atoms with van der Waals surface area (Å²) in [5, 5.41) is 14.4. The number of allylic oxidation sites excluding steroid dienone is 1. The van der Waals surface area contributed by atoms with Crippen molar-refractivity contribution in [3.63, 3.8) is 0 Å². The molecule has 0 saturated heterocycles. The maximum Gasteiger partial charge on any atom is 0.323 e. The average Bonchev–Trinajstić information content (AvgIpc) is 2.99. The molecule has 0 fully saturated rings. The lowest BCUT2D eigenvalue weighted by atomic mass is 9.76. The smallest absolute Gasteiger partial charge is 0.323 e. The number of methoxy groups -OCH3 is 1. The summed E-state index contributed by atoms with van der Waals surface area (Å²) in [6.45, 7) is 0. The molecule has 0 amide bonds. The molecule has 0 aliphatic carbocycles. The summed E-state index contributed by atoms with van der Waals surface area (Å²) >= 11 is 0. The number of nitrogens with zero attached hydrogens (tertiary/aromatic N) is 1. The van der Waals surface area contributed by atoms with Gasteiger partial charge in [0.05, 0.1) is 17.6 Å². The van der Waals surface area contributed by atoms with E-state index >= 15 is 0 Å². The monoisotopic (exact) mass is 520 g/mol. The van der Waals surface area contributed by atoms with E-state index in [2.05, 4.69) is 5.32 Å². The van der Waals surface area contributed by atoms with Gasteiger partial charge in [-0.2, -0.15) is 0 Å². The summed E-state index contributed by atoms with van der Waals surface area (Å²) in [4.78, 5) is 36.6. The zero-order chi connectivity index (χ0) is 27.7. The van der Waals surface area contributed by atoms with E-state index in [0.29, 0.717) is 5.56 Å². The minimum atomic E-state index is -0.982. The molecule has 0 unspecified atom stereocenters. The van der Waals surface area contributed by atoms with Crippen molar-refractivity contribution >= 4 is 23.5 Å². The van der Waals surface area contributed by atoms with Gasteiger partial charge in [0.25, 0.3) is 5.69 Å². The maximum atomic E-state index is 13.1. The summed E-state index contributed by atoms with van der Waals surface area (Å²) in [6, 6.07) is 34.2. The Hall–Kier alpha value is -4.88. The second-order valence-corrected chi connectivity index (χ2v) is 8.92. The number of esters is 1. The molecule has 4 aromatic rings. The van der Waals surface area contributed by atoms with Gasteiger partial charge >= 0.3 is 5.97 Å². The highest BCUT2D eigenvalue weighted by molar-refractivity contribution is 5.96. The molecule has 0 aromatic heterocycles. The van der Waals surface area contributed by atoms with Gasteiger partial charge in [0.1, 0.15) is 6.04 Å². The molecule has 0 radical (unpaired) electrons. The summed E-state index contributed by atoms with van der Waals surface area (Å²) in [7, 11) is 1.30. The van der Waals surface area contributed by atoms with Gasteiger partial charge in [0.2, 0.25) is 0 Å². The molecule has 0 aliphatic heterocycles. The van der Waals surface area contributed by atoms with Crippen molar-refractivity contribution in [1.82, 2.24) is 5.32 Å². The number of carbonyl (C=O) groups is 2. The Morgan fingerprint density at radius 1 is 0.821 bits per heavy atom. The third-order valence-electron chi connectivity index (χ3n) is 6.47. The van der Waals surface area contributed by atoms with Crippen LogP contribution in [-0.2, 0) is 19.9 Å². The fourth-order valence-corrected chi connectivity index (χ4v) is 4.58. The van der Waals surface area contributed by atoms with E-state index in [1.807, 2.05) is 91.0 Å². The highest BCUT2D eigenvalue weighted by Gasteiger charge is 2.40. The van der Waals surface area contributed by atoms with E-state index in [0.717, 1.165) is 16.7 Å². The molecule has 4 aromatic carbocycles. The molecule has 0 bridgehead atoms. The van der Waals surface area contributed by atoms with Gasteiger partial charge in [-0.15, -0.1) is 0 Å². The van der Waals surface area contributed by atoms with E-state index in [4.69, 9.17) is 4.74 Å². The Morgan fingerprint density at radius 3 is 1.69 bits per heavy atom. The van der Waals surface area contributed by atoms with Gasteiger partial charge in [-0.3, -0.25) is 25.0 Å². The number of ketones is 1. The normalized spacial score (nSPS) is 12.1. The molecule has 0 aliphatic rings. The molecule has 7 heteroatoms. The summed E-state index contributed by atoms with van der Waals surface area (Å²) in [5.74, 6) is -0.876. The Labute approximate surface area is 226 Å². The number of nitro groups is 1. The van der Waals surface area contributed by atoms with Crippen LogP contribution in [0.3, 0.4) is 0 Å². The van der Waals surface area contributed by atoms with Crippen LogP contribution >= 0.6 is 0 Å². The first-order valence-corrected chi connectivity index (χ1v) is 12.4. The Balaban J connectivity index is 1.72. The number of nitrogens with one attached hydrogen (secondary N) is 1. The lowest BCUT2D eigenvalue weighted by Gasteiger charge is -2.39. The minimum Gasteiger partial charge on any atom is -0.468 e. The van der Waals surface area contributed by atoms with Gasteiger partial charge in [-0.05, 0) is 40.5 Å². The Morgan fingerprint density at radius 2 is 1.28 bits per heavy atom. The number of carbonyl (C=O) groups excluding carboxylic acids is 2. The fourth-order valence-electron chi connectivity index (χ4n) is 4.58. The number of ether oxygens (including phenoxy) is 1. The van der Waals surface area contributed by atoms with Crippen molar-refractivity contribution in [2.45, 2.75) is 18.0 Å².